The van der Waals surface area contributed by atoms with E-state index < -0.39 is 17.7 Å². The van der Waals surface area contributed by atoms with Gasteiger partial charge in [0.1, 0.15) is 11.5 Å². The number of Topliss-reactive ketones (excluding diaryl/α,β-unsaturated/α-hetero) is 1. The topological polar surface area (TPSA) is 79.7 Å². The number of hydrogen-bond acceptors (Lipinski definition) is 5. The van der Waals surface area contributed by atoms with Crippen LogP contribution in [0.1, 0.15) is 24.1 Å². The quantitative estimate of drug-likeness (QED) is 0.321. The van der Waals surface area contributed by atoms with Gasteiger partial charge in [0, 0.05) is 28.1 Å². The van der Waals surface area contributed by atoms with Gasteiger partial charge in [0.25, 0.3) is 11.7 Å². The number of halogens is 1. The first-order valence-corrected chi connectivity index (χ1v) is 10.5. The number of aliphatic hydroxyl groups is 1. The van der Waals surface area contributed by atoms with E-state index in [2.05, 4.69) is 20.9 Å². The number of amides is 1. The van der Waals surface area contributed by atoms with Crippen molar-refractivity contribution in [2.24, 2.45) is 0 Å². The molecule has 1 aromatic heterocycles. The van der Waals surface area contributed by atoms with Crippen LogP contribution in [0.15, 0.2) is 83.1 Å². The lowest BCUT2D eigenvalue weighted by Gasteiger charge is -2.25. The lowest BCUT2D eigenvalue weighted by atomic mass is 9.95. The Bertz CT molecular complexity index is 1180. The first kappa shape index (κ1) is 20.8. The summed E-state index contributed by atoms with van der Waals surface area (Å²) in [6.07, 6.45) is 3.18. The molecule has 0 bridgehead atoms. The standard InChI is InChI=1S/C24H19BrN2O4/c1-2-31-19-8-3-5-16(13-19)22(28)20-21(15-9-11-26-12-10-15)27(24(30)23(20)29)18-7-4-6-17(25)14-18/h3-14,21,28H,2H2,1H3/b22-20+. The van der Waals surface area contributed by atoms with Gasteiger partial charge < -0.3 is 9.84 Å². The smallest absolute Gasteiger partial charge is 0.300 e. The summed E-state index contributed by atoms with van der Waals surface area (Å²) < 4.78 is 6.28. The van der Waals surface area contributed by atoms with Crippen LogP contribution in [0.4, 0.5) is 5.69 Å². The Morgan fingerprint density at radius 3 is 2.55 bits per heavy atom. The predicted octanol–water partition coefficient (Wildman–Crippen LogP) is 4.87. The Balaban J connectivity index is 1.92. The first-order valence-electron chi connectivity index (χ1n) is 9.71. The normalized spacial score (nSPS) is 17.7. The summed E-state index contributed by atoms with van der Waals surface area (Å²) in [5, 5.41) is 11.2. The molecule has 0 saturated carbocycles. The molecule has 0 spiro atoms. The van der Waals surface area contributed by atoms with Crippen LogP contribution < -0.4 is 9.64 Å². The summed E-state index contributed by atoms with van der Waals surface area (Å²) in [5.41, 5.74) is 1.62. The van der Waals surface area contributed by atoms with Crippen LogP contribution in [0, 0.1) is 0 Å². The number of hydrogen-bond donors (Lipinski definition) is 1. The molecule has 1 amide bonds. The zero-order valence-electron chi connectivity index (χ0n) is 16.7. The number of anilines is 1. The molecule has 1 aliphatic heterocycles. The Labute approximate surface area is 187 Å². The Morgan fingerprint density at radius 1 is 1.10 bits per heavy atom. The Kier molecular flexibility index (Phi) is 5.86. The van der Waals surface area contributed by atoms with Crippen LogP contribution in [0.25, 0.3) is 5.76 Å². The Morgan fingerprint density at radius 2 is 1.84 bits per heavy atom. The van der Waals surface area contributed by atoms with Crippen molar-refractivity contribution in [2.45, 2.75) is 13.0 Å². The van der Waals surface area contributed by atoms with E-state index in [4.69, 9.17) is 4.74 Å². The molecule has 2 aromatic carbocycles. The number of aliphatic hydroxyl groups excluding tert-OH is 1. The molecular weight excluding hydrogens is 460 g/mol. The van der Waals surface area contributed by atoms with Crippen LogP contribution in [0.2, 0.25) is 0 Å². The van der Waals surface area contributed by atoms with E-state index >= 15 is 0 Å². The highest BCUT2D eigenvalue weighted by Gasteiger charge is 2.47. The third-order valence-corrected chi connectivity index (χ3v) is 5.46. The molecule has 156 valence electrons. The number of ether oxygens (including phenoxy) is 1. The predicted molar refractivity (Wildman–Crippen MR) is 121 cm³/mol. The second-order valence-electron chi connectivity index (χ2n) is 6.89. The second kappa shape index (κ2) is 8.73. The van der Waals surface area contributed by atoms with Gasteiger partial charge in [0.05, 0.1) is 18.2 Å². The maximum absolute atomic E-state index is 13.1. The minimum atomic E-state index is -0.798. The van der Waals surface area contributed by atoms with Gasteiger partial charge in [0.15, 0.2) is 0 Å². The summed E-state index contributed by atoms with van der Waals surface area (Å²) in [7, 11) is 0. The van der Waals surface area contributed by atoms with Crippen molar-refractivity contribution in [2.75, 3.05) is 11.5 Å². The van der Waals surface area contributed by atoms with Gasteiger partial charge in [-0.05, 0) is 55.0 Å². The van der Waals surface area contributed by atoms with Crippen molar-refractivity contribution in [1.82, 2.24) is 4.98 Å². The average Bonchev–Trinajstić information content (AvgIpc) is 3.05. The minimum Gasteiger partial charge on any atom is -0.507 e. The average molecular weight is 479 g/mol. The molecule has 0 aliphatic carbocycles. The summed E-state index contributed by atoms with van der Waals surface area (Å²) in [6, 6.07) is 16.6. The number of benzene rings is 2. The van der Waals surface area contributed by atoms with Gasteiger partial charge in [0.2, 0.25) is 0 Å². The van der Waals surface area contributed by atoms with E-state index in [1.165, 1.54) is 4.90 Å². The van der Waals surface area contributed by atoms with Crippen molar-refractivity contribution < 1.29 is 19.4 Å². The fourth-order valence-electron chi connectivity index (χ4n) is 3.64. The largest absolute Gasteiger partial charge is 0.507 e. The van der Waals surface area contributed by atoms with Crippen LogP contribution in [0.5, 0.6) is 5.75 Å². The Hall–Kier alpha value is -3.45. The van der Waals surface area contributed by atoms with Crippen LogP contribution in [-0.4, -0.2) is 28.4 Å². The molecule has 6 nitrogen and oxygen atoms in total. The van der Waals surface area contributed by atoms with E-state index in [0.717, 1.165) is 4.47 Å². The minimum absolute atomic E-state index is 0.0184. The van der Waals surface area contributed by atoms with Crippen LogP contribution >= 0.6 is 15.9 Å². The van der Waals surface area contributed by atoms with Gasteiger partial charge in [-0.1, -0.05) is 34.1 Å². The fourth-order valence-corrected chi connectivity index (χ4v) is 4.03. The third kappa shape index (κ3) is 3.96. The number of carbonyl (C=O) groups is 2. The van der Waals surface area contributed by atoms with Gasteiger partial charge in [-0.2, -0.15) is 0 Å². The summed E-state index contributed by atoms with van der Waals surface area (Å²) in [4.78, 5) is 31.6. The zero-order valence-corrected chi connectivity index (χ0v) is 18.2. The van der Waals surface area contributed by atoms with Gasteiger partial charge >= 0.3 is 0 Å². The molecule has 3 aromatic rings. The van der Waals surface area contributed by atoms with Crippen molar-refractivity contribution in [1.29, 1.82) is 0 Å². The van der Waals surface area contributed by atoms with E-state index in [1.807, 2.05) is 13.0 Å². The molecule has 7 heteroatoms. The lowest BCUT2D eigenvalue weighted by molar-refractivity contribution is -0.132. The van der Waals surface area contributed by atoms with Gasteiger partial charge in [-0.15, -0.1) is 0 Å². The summed E-state index contributed by atoms with van der Waals surface area (Å²) in [6.45, 7) is 2.33. The molecule has 4 rings (SSSR count). The molecule has 1 unspecified atom stereocenters. The van der Waals surface area contributed by atoms with E-state index in [9.17, 15) is 14.7 Å². The second-order valence-corrected chi connectivity index (χ2v) is 7.81. The molecule has 1 aliphatic rings. The maximum atomic E-state index is 13.1. The molecule has 1 N–H and O–H groups in total. The highest BCUT2D eigenvalue weighted by Crippen LogP contribution is 2.42. The number of carbonyl (C=O) groups excluding carboxylic acids is 2. The maximum Gasteiger partial charge on any atom is 0.300 e. The molecule has 2 heterocycles. The van der Waals surface area contributed by atoms with Crippen molar-refractivity contribution in [3.8, 4) is 5.75 Å². The third-order valence-electron chi connectivity index (χ3n) is 4.97. The van der Waals surface area contributed by atoms with Crippen LogP contribution in [-0.2, 0) is 9.59 Å². The molecule has 1 saturated heterocycles. The monoisotopic (exact) mass is 478 g/mol. The van der Waals surface area contributed by atoms with Gasteiger partial charge in [-0.3, -0.25) is 19.5 Å². The van der Waals surface area contributed by atoms with Crippen molar-refractivity contribution in [3.63, 3.8) is 0 Å². The molecule has 1 fully saturated rings. The first-order chi connectivity index (χ1) is 15.0. The number of nitrogens with zero attached hydrogens (tertiary/aromatic N) is 2. The van der Waals surface area contributed by atoms with E-state index in [-0.39, 0.29) is 11.3 Å². The van der Waals surface area contributed by atoms with Crippen molar-refractivity contribution >= 4 is 39.1 Å². The fraction of sp³-hybridized carbons (Fsp3) is 0.125. The number of aromatic nitrogens is 1. The summed E-state index contributed by atoms with van der Waals surface area (Å²) in [5.74, 6) is -1.14. The van der Waals surface area contributed by atoms with Gasteiger partial charge in [-0.25, -0.2) is 0 Å². The number of rotatable bonds is 5. The molecular formula is C24H19BrN2O4. The van der Waals surface area contributed by atoms with Crippen LogP contribution in [0.3, 0.4) is 0 Å². The highest BCUT2D eigenvalue weighted by molar-refractivity contribution is 9.10. The lowest BCUT2D eigenvalue weighted by Crippen LogP contribution is -2.29. The molecule has 1 atom stereocenters. The molecule has 31 heavy (non-hydrogen) atoms. The number of ketones is 1. The SMILES string of the molecule is CCOc1cccc(/C(O)=C2\C(=O)C(=O)N(c3cccc(Br)c3)C2c2ccncc2)c1. The van der Waals surface area contributed by atoms with Crippen molar-refractivity contribution in [3.05, 3.63) is 94.2 Å². The highest BCUT2D eigenvalue weighted by atomic mass is 79.9. The zero-order chi connectivity index (χ0) is 22.0. The summed E-state index contributed by atoms with van der Waals surface area (Å²) >= 11 is 3.42. The molecule has 0 radical (unpaired) electrons. The van der Waals surface area contributed by atoms with E-state index in [1.54, 1.807) is 67.0 Å². The van der Waals surface area contributed by atoms with E-state index in [0.29, 0.717) is 29.2 Å². The number of pyridine rings is 1.